The molecule has 1 aliphatic rings. The minimum absolute atomic E-state index is 0.144. The second-order valence-electron chi connectivity index (χ2n) is 5.92. The fourth-order valence-corrected chi connectivity index (χ4v) is 2.71. The summed E-state index contributed by atoms with van der Waals surface area (Å²) in [7, 11) is 0. The van der Waals surface area contributed by atoms with E-state index in [0.29, 0.717) is 6.54 Å². The Morgan fingerprint density at radius 2 is 1.95 bits per heavy atom. The maximum absolute atomic E-state index is 12.0. The molecule has 0 aromatic carbocycles. The first-order valence-corrected chi connectivity index (χ1v) is 7.68. The van der Waals surface area contributed by atoms with Crippen molar-refractivity contribution < 1.29 is 9.53 Å². The summed E-state index contributed by atoms with van der Waals surface area (Å²) in [5, 5.41) is 3.09. The highest BCUT2D eigenvalue weighted by Crippen LogP contribution is 2.10. The number of unbranched alkanes of at least 4 members (excludes halogenated alkanes) is 2. The fourth-order valence-electron chi connectivity index (χ4n) is 2.71. The lowest BCUT2D eigenvalue weighted by atomic mass is 10.1. The molecule has 4 heteroatoms. The molecular formula is C15H30N2O2. The van der Waals surface area contributed by atoms with E-state index in [2.05, 4.69) is 37.9 Å². The molecular weight excluding hydrogens is 240 g/mol. The van der Waals surface area contributed by atoms with Gasteiger partial charge in [0.25, 0.3) is 0 Å². The molecule has 4 nitrogen and oxygen atoms in total. The predicted molar refractivity (Wildman–Crippen MR) is 78.2 cm³/mol. The Bertz CT molecular complexity index is 261. The number of carbonyl (C=O) groups excluding carboxylic acids is 1. The van der Waals surface area contributed by atoms with E-state index in [-0.39, 0.29) is 24.2 Å². The van der Waals surface area contributed by atoms with Crippen LogP contribution in [0.4, 0.5) is 0 Å². The summed E-state index contributed by atoms with van der Waals surface area (Å²) in [6, 6.07) is 0.287. The van der Waals surface area contributed by atoms with E-state index in [0.717, 1.165) is 19.5 Å². The van der Waals surface area contributed by atoms with Gasteiger partial charge in [-0.3, -0.25) is 9.69 Å². The molecule has 19 heavy (non-hydrogen) atoms. The molecule has 1 rings (SSSR count). The number of nitrogens with zero attached hydrogens (tertiary/aromatic N) is 1. The minimum atomic E-state index is 0.144. The smallest absolute Gasteiger partial charge is 0.234 e. The summed E-state index contributed by atoms with van der Waals surface area (Å²) in [5.74, 6) is 0.144. The molecule has 0 aliphatic carbocycles. The Hall–Kier alpha value is -0.610. The molecule has 0 saturated carbocycles. The fraction of sp³-hybridized carbons (Fsp3) is 0.933. The van der Waals surface area contributed by atoms with Crippen molar-refractivity contribution in [1.82, 2.24) is 10.2 Å². The highest BCUT2D eigenvalue weighted by Gasteiger charge is 2.23. The third-order valence-corrected chi connectivity index (χ3v) is 3.51. The predicted octanol–water partition coefficient (Wildman–Crippen LogP) is 2.18. The van der Waals surface area contributed by atoms with Gasteiger partial charge in [0.05, 0.1) is 18.8 Å². The maximum Gasteiger partial charge on any atom is 0.234 e. The van der Waals surface area contributed by atoms with Crippen molar-refractivity contribution in [2.24, 2.45) is 0 Å². The number of hydrogen-bond acceptors (Lipinski definition) is 3. The minimum Gasteiger partial charge on any atom is -0.373 e. The lowest BCUT2D eigenvalue weighted by Gasteiger charge is -2.35. The molecule has 3 unspecified atom stereocenters. The number of ether oxygens (including phenoxy) is 1. The standard InChI is InChI=1S/C15H30N2O2/c1-5-6-7-8-12(2)16-15(18)11-17-9-13(3)19-14(4)10-17/h12-14H,5-11H2,1-4H3,(H,16,18). The Morgan fingerprint density at radius 1 is 1.32 bits per heavy atom. The van der Waals surface area contributed by atoms with Gasteiger partial charge in [-0.15, -0.1) is 0 Å². The summed E-state index contributed by atoms with van der Waals surface area (Å²) in [6.45, 7) is 10.6. The van der Waals surface area contributed by atoms with Gasteiger partial charge < -0.3 is 10.1 Å². The molecule has 1 saturated heterocycles. The largest absolute Gasteiger partial charge is 0.373 e. The monoisotopic (exact) mass is 270 g/mol. The third-order valence-electron chi connectivity index (χ3n) is 3.51. The number of rotatable bonds is 7. The SMILES string of the molecule is CCCCCC(C)NC(=O)CN1CC(C)OC(C)C1. The Kier molecular flexibility index (Phi) is 7.39. The number of amides is 1. The second-order valence-corrected chi connectivity index (χ2v) is 5.92. The van der Waals surface area contributed by atoms with Crippen LogP contribution in [-0.4, -0.2) is 48.7 Å². The molecule has 1 amide bonds. The van der Waals surface area contributed by atoms with Crippen molar-refractivity contribution >= 4 is 5.91 Å². The normalized spacial score (nSPS) is 26.1. The zero-order valence-electron chi connectivity index (χ0n) is 12.9. The lowest BCUT2D eigenvalue weighted by molar-refractivity contribution is -0.126. The molecule has 112 valence electrons. The first-order valence-electron chi connectivity index (χ1n) is 7.68. The van der Waals surface area contributed by atoms with Crippen LogP contribution in [0, 0.1) is 0 Å². The quantitative estimate of drug-likeness (QED) is 0.721. The van der Waals surface area contributed by atoms with E-state index in [9.17, 15) is 4.79 Å². The molecule has 1 heterocycles. The van der Waals surface area contributed by atoms with Crippen LogP contribution >= 0.6 is 0 Å². The number of nitrogens with one attached hydrogen (secondary N) is 1. The van der Waals surface area contributed by atoms with Gasteiger partial charge in [0.1, 0.15) is 0 Å². The molecule has 0 radical (unpaired) electrons. The van der Waals surface area contributed by atoms with Crippen LogP contribution in [0.25, 0.3) is 0 Å². The molecule has 0 aromatic rings. The van der Waals surface area contributed by atoms with Crippen LogP contribution < -0.4 is 5.32 Å². The van der Waals surface area contributed by atoms with Gasteiger partial charge in [0.2, 0.25) is 5.91 Å². The van der Waals surface area contributed by atoms with Gasteiger partial charge >= 0.3 is 0 Å². The average molecular weight is 270 g/mol. The van der Waals surface area contributed by atoms with E-state index < -0.39 is 0 Å². The molecule has 0 bridgehead atoms. The van der Waals surface area contributed by atoms with Crippen LogP contribution in [0.3, 0.4) is 0 Å². The molecule has 0 spiro atoms. The Labute approximate surface area is 117 Å². The van der Waals surface area contributed by atoms with Crippen LogP contribution in [-0.2, 0) is 9.53 Å². The molecule has 3 atom stereocenters. The number of carbonyl (C=O) groups is 1. The summed E-state index contributed by atoms with van der Waals surface area (Å²) in [5.41, 5.74) is 0. The van der Waals surface area contributed by atoms with Gasteiger partial charge in [0, 0.05) is 19.1 Å². The zero-order chi connectivity index (χ0) is 14.3. The van der Waals surface area contributed by atoms with E-state index >= 15 is 0 Å². The van der Waals surface area contributed by atoms with Gasteiger partial charge in [-0.1, -0.05) is 26.2 Å². The van der Waals surface area contributed by atoms with Crippen LogP contribution in [0.2, 0.25) is 0 Å². The number of hydrogen-bond donors (Lipinski definition) is 1. The number of morpholine rings is 1. The van der Waals surface area contributed by atoms with Crippen LogP contribution in [0.15, 0.2) is 0 Å². The second kappa shape index (κ2) is 8.54. The third kappa shape index (κ3) is 6.92. The topological polar surface area (TPSA) is 41.6 Å². The molecule has 1 N–H and O–H groups in total. The van der Waals surface area contributed by atoms with Gasteiger partial charge in [-0.2, -0.15) is 0 Å². The van der Waals surface area contributed by atoms with Gasteiger partial charge in [0.15, 0.2) is 0 Å². The molecule has 1 fully saturated rings. The summed E-state index contributed by atoms with van der Waals surface area (Å²) >= 11 is 0. The van der Waals surface area contributed by atoms with Crippen LogP contribution in [0.1, 0.15) is 53.4 Å². The highest BCUT2D eigenvalue weighted by atomic mass is 16.5. The summed E-state index contributed by atoms with van der Waals surface area (Å²) in [4.78, 5) is 14.2. The molecule has 1 aliphatic heterocycles. The van der Waals surface area contributed by atoms with E-state index in [4.69, 9.17) is 4.74 Å². The van der Waals surface area contributed by atoms with Crippen molar-refractivity contribution in [2.75, 3.05) is 19.6 Å². The van der Waals surface area contributed by atoms with E-state index in [1.807, 2.05) is 0 Å². The molecule has 0 aromatic heterocycles. The van der Waals surface area contributed by atoms with Crippen molar-refractivity contribution in [2.45, 2.75) is 71.6 Å². The maximum atomic E-state index is 12.0. The average Bonchev–Trinajstić information content (AvgIpc) is 2.27. The van der Waals surface area contributed by atoms with E-state index in [1.54, 1.807) is 0 Å². The lowest BCUT2D eigenvalue weighted by Crippen LogP contribution is -2.50. The van der Waals surface area contributed by atoms with Gasteiger partial charge in [-0.25, -0.2) is 0 Å². The zero-order valence-corrected chi connectivity index (χ0v) is 12.9. The Morgan fingerprint density at radius 3 is 2.53 bits per heavy atom. The van der Waals surface area contributed by atoms with Crippen molar-refractivity contribution in [3.05, 3.63) is 0 Å². The van der Waals surface area contributed by atoms with Crippen LogP contribution in [0.5, 0.6) is 0 Å². The van der Waals surface area contributed by atoms with Crippen molar-refractivity contribution in [3.8, 4) is 0 Å². The van der Waals surface area contributed by atoms with Crippen molar-refractivity contribution in [3.63, 3.8) is 0 Å². The Balaban J connectivity index is 2.22. The highest BCUT2D eigenvalue weighted by molar-refractivity contribution is 5.78. The van der Waals surface area contributed by atoms with Crippen molar-refractivity contribution in [1.29, 1.82) is 0 Å². The van der Waals surface area contributed by atoms with E-state index in [1.165, 1.54) is 19.3 Å². The first-order chi connectivity index (χ1) is 9.01. The first kappa shape index (κ1) is 16.4. The van der Waals surface area contributed by atoms with Gasteiger partial charge in [-0.05, 0) is 27.2 Å². The summed E-state index contributed by atoms with van der Waals surface area (Å²) < 4.78 is 5.67. The summed E-state index contributed by atoms with van der Waals surface area (Å²) in [6.07, 6.45) is 5.19.